The van der Waals surface area contributed by atoms with E-state index in [1.165, 1.54) is 12.1 Å². The third-order valence-corrected chi connectivity index (χ3v) is 2.43. The number of hydrogen-bond donors (Lipinski definition) is 1. The van der Waals surface area contributed by atoms with E-state index in [-0.39, 0.29) is 5.02 Å². The van der Waals surface area contributed by atoms with Crippen LogP contribution in [0.1, 0.15) is 23.3 Å². The van der Waals surface area contributed by atoms with E-state index in [2.05, 4.69) is 10.1 Å². The topological polar surface area (TPSA) is 64.9 Å². The Hall–Kier alpha value is -1.46. The molecular weight excluding hydrogens is 233 g/mol. The molecule has 1 aromatic carbocycles. The standard InChI is InChI=1S/C10H9ClFN3O/c1-5-14-10(15-16-5)9(13)6-2-3-7(11)8(12)4-6/h2-4,9H,13H2,1H3. The van der Waals surface area contributed by atoms with Crippen LogP contribution in [0.15, 0.2) is 22.7 Å². The molecule has 16 heavy (non-hydrogen) atoms. The fourth-order valence-corrected chi connectivity index (χ4v) is 1.41. The molecule has 0 fully saturated rings. The monoisotopic (exact) mass is 241 g/mol. The van der Waals surface area contributed by atoms with Gasteiger partial charge in [-0.05, 0) is 17.7 Å². The summed E-state index contributed by atoms with van der Waals surface area (Å²) >= 11 is 5.57. The van der Waals surface area contributed by atoms with Crippen molar-refractivity contribution < 1.29 is 8.91 Å². The zero-order chi connectivity index (χ0) is 11.7. The highest BCUT2D eigenvalue weighted by Gasteiger charge is 2.16. The summed E-state index contributed by atoms with van der Waals surface area (Å²) in [5.74, 6) is 0.217. The van der Waals surface area contributed by atoms with Gasteiger partial charge in [-0.1, -0.05) is 22.8 Å². The molecule has 0 saturated heterocycles. The van der Waals surface area contributed by atoms with Gasteiger partial charge in [0.15, 0.2) is 5.82 Å². The van der Waals surface area contributed by atoms with Crippen LogP contribution in [0, 0.1) is 12.7 Å². The van der Waals surface area contributed by atoms with Crippen molar-refractivity contribution in [2.75, 3.05) is 0 Å². The fourth-order valence-electron chi connectivity index (χ4n) is 1.30. The van der Waals surface area contributed by atoms with Gasteiger partial charge in [0.1, 0.15) is 5.82 Å². The zero-order valence-corrected chi connectivity index (χ0v) is 9.20. The summed E-state index contributed by atoms with van der Waals surface area (Å²) < 4.78 is 18.0. The van der Waals surface area contributed by atoms with E-state index in [0.717, 1.165) is 0 Å². The lowest BCUT2D eigenvalue weighted by Gasteiger charge is -2.07. The average Bonchev–Trinajstić information content (AvgIpc) is 2.68. The average molecular weight is 242 g/mol. The van der Waals surface area contributed by atoms with Crippen molar-refractivity contribution in [3.8, 4) is 0 Å². The van der Waals surface area contributed by atoms with Crippen molar-refractivity contribution in [3.63, 3.8) is 0 Å². The number of aryl methyl sites for hydroxylation is 1. The minimum Gasteiger partial charge on any atom is -0.340 e. The second kappa shape index (κ2) is 4.19. The van der Waals surface area contributed by atoms with Crippen molar-refractivity contribution in [3.05, 3.63) is 46.3 Å². The molecule has 0 spiro atoms. The molecule has 0 aliphatic rings. The maximum absolute atomic E-state index is 13.2. The van der Waals surface area contributed by atoms with E-state index in [4.69, 9.17) is 21.9 Å². The molecule has 0 aliphatic carbocycles. The lowest BCUT2D eigenvalue weighted by Crippen LogP contribution is -2.13. The van der Waals surface area contributed by atoms with Gasteiger partial charge in [0, 0.05) is 6.92 Å². The predicted molar refractivity (Wildman–Crippen MR) is 56.5 cm³/mol. The van der Waals surface area contributed by atoms with Gasteiger partial charge in [-0.2, -0.15) is 4.98 Å². The van der Waals surface area contributed by atoms with Crippen molar-refractivity contribution in [2.24, 2.45) is 5.73 Å². The molecule has 0 radical (unpaired) electrons. The number of hydrogen-bond acceptors (Lipinski definition) is 4. The van der Waals surface area contributed by atoms with Gasteiger partial charge in [-0.3, -0.25) is 0 Å². The molecule has 0 saturated carbocycles. The van der Waals surface area contributed by atoms with Gasteiger partial charge >= 0.3 is 0 Å². The first kappa shape index (κ1) is 11.0. The highest BCUT2D eigenvalue weighted by molar-refractivity contribution is 6.30. The van der Waals surface area contributed by atoms with Gasteiger partial charge in [0.05, 0.1) is 11.1 Å². The van der Waals surface area contributed by atoms with Crippen LogP contribution in [-0.2, 0) is 0 Å². The Balaban J connectivity index is 2.33. The SMILES string of the molecule is Cc1nc(C(N)c2ccc(Cl)c(F)c2)no1. The summed E-state index contributed by atoms with van der Waals surface area (Å²) in [6, 6.07) is 3.71. The molecule has 84 valence electrons. The molecule has 6 heteroatoms. The highest BCUT2D eigenvalue weighted by atomic mass is 35.5. The molecule has 2 aromatic rings. The molecule has 1 heterocycles. The first-order valence-corrected chi connectivity index (χ1v) is 4.96. The highest BCUT2D eigenvalue weighted by Crippen LogP contribution is 2.22. The minimum absolute atomic E-state index is 0.0558. The zero-order valence-electron chi connectivity index (χ0n) is 8.45. The number of halogens is 2. The normalized spacial score (nSPS) is 12.8. The second-order valence-corrected chi connectivity index (χ2v) is 3.73. The number of aromatic nitrogens is 2. The number of nitrogens with two attached hydrogens (primary N) is 1. The minimum atomic E-state index is -0.621. The maximum Gasteiger partial charge on any atom is 0.223 e. The molecule has 0 amide bonds. The van der Waals surface area contributed by atoms with Crippen molar-refractivity contribution in [2.45, 2.75) is 13.0 Å². The van der Waals surface area contributed by atoms with Crippen LogP contribution < -0.4 is 5.73 Å². The lowest BCUT2D eigenvalue weighted by atomic mass is 10.1. The third-order valence-electron chi connectivity index (χ3n) is 2.12. The molecule has 1 atom stereocenters. The lowest BCUT2D eigenvalue weighted by molar-refractivity contribution is 0.385. The number of rotatable bonds is 2. The summed E-state index contributed by atoms with van der Waals surface area (Å²) in [5.41, 5.74) is 6.40. The molecule has 2 N–H and O–H groups in total. The molecule has 0 bridgehead atoms. The van der Waals surface area contributed by atoms with Gasteiger partial charge in [0.25, 0.3) is 0 Å². The number of benzene rings is 1. The summed E-state index contributed by atoms with van der Waals surface area (Å²) in [6.45, 7) is 1.66. The largest absolute Gasteiger partial charge is 0.340 e. The van der Waals surface area contributed by atoms with Gasteiger partial charge < -0.3 is 10.3 Å². The Morgan fingerprint density at radius 2 is 2.25 bits per heavy atom. The van der Waals surface area contributed by atoms with Crippen LogP contribution in [0.5, 0.6) is 0 Å². The Labute approximate surface area is 96.2 Å². The van der Waals surface area contributed by atoms with Crippen LogP contribution in [-0.4, -0.2) is 10.1 Å². The van der Waals surface area contributed by atoms with Gasteiger partial charge in [-0.25, -0.2) is 4.39 Å². The van der Waals surface area contributed by atoms with Crippen LogP contribution in [0.2, 0.25) is 5.02 Å². The first-order valence-electron chi connectivity index (χ1n) is 4.58. The van der Waals surface area contributed by atoms with E-state index in [1.54, 1.807) is 13.0 Å². The van der Waals surface area contributed by atoms with Gasteiger partial charge in [-0.15, -0.1) is 0 Å². The van der Waals surface area contributed by atoms with Crippen LogP contribution in [0.25, 0.3) is 0 Å². The van der Waals surface area contributed by atoms with Crippen molar-refractivity contribution in [1.29, 1.82) is 0 Å². The van der Waals surface area contributed by atoms with Crippen molar-refractivity contribution >= 4 is 11.6 Å². The van der Waals surface area contributed by atoms with Crippen molar-refractivity contribution in [1.82, 2.24) is 10.1 Å². The maximum atomic E-state index is 13.2. The van der Waals surface area contributed by atoms with Gasteiger partial charge in [0.2, 0.25) is 5.89 Å². The van der Waals surface area contributed by atoms with E-state index in [1.807, 2.05) is 0 Å². The molecule has 0 aliphatic heterocycles. The Kier molecular flexibility index (Phi) is 2.89. The first-order chi connectivity index (χ1) is 7.58. The summed E-state index contributed by atoms with van der Waals surface area (Å²) in [5, 5.41) is 3.73. The third kappa shape index (κ3) is 2.05. The van der Waals surface area contributed by atoms with E-state index in [9.17, 15) is 4.39 Å². The molecule has 2 rings (SSSR count). The van der Waals surface area contributed by atoms with Crippen LogP contribution >= 0.6 is 11.6 Å². The van der Waals surface area contributed by atoms with E-state index in [0.29, 0.717) is 17.3 Å². The van der Waals surface area contributed by atoms with Crippen LogP contribution in [0.4, 0.5) is 4.39 Å². The summed E-state index contributed by atoms with van der Waals surface area (Å²) in [7, 11) is 0. The smallest absolute Gasteiger partial charge is 0.223 e. The quantitative estimate of drug-likeness (QED) is 0.876. The van der Waals surface area contributed by atoms with E-state index < -0.39 is 11.9 Å². The predicted octanol–water partition coefficient (Wildman–Crippen LogP) is 2.22. The molecule has 4 nitrogen and oxygen atoms in total. The Morgan fingerprint density at radius 3 is 2.81 bits per heavy atom. The number of nitrogens with zero attached hydrogens (tertiary/aromatic N) is 2. The van der Waals surface area contributed by atoms with Crippen LogP contribution in [0.3, 0.4) is 0 Å². The Morgan fingerprint density at radius 1 is 1.50 bits per heavy atom. The summed E-state index contributed by atoms with van der Waals surface area (Å²) in [4.78, 5) is 3.98. The van der Waals surface area contributed by atoms with E-state index >= 15 is 0 Å². The summed E-state index contributed by atoms with van der Waals surface area (Å²) in [6.07, 6.45) is 0. The fraction of sp³-hybridized carbons (Fsp3) is 0.200. The second-order valence-electron chi connectivity index (χ2n) is 3.32. The molecule has 1 aromatic heterocycles. The molecular formula is C10H9ClFN3O. The molecule has 1 unspecified atom stereocenters. The Bertz CT molecular complexity index is 515.